The maximum absolute atomic E-state index is 9.38. The van der Waals surface area contributed by atoms with Crippen molar-refractivity contribution in [2.75, 3.05) is 13.6 Å². The normalized spacial score (nSPS) is 38.8. The van der Waals surface area contributed by atoms with Crippen molar-refractivity contribution < 1.29 is 5.11 Å². The number of nitrogens with zero attached hydrogens (tertiary/aromatic N) is 2. The Kier molecular flexibility index (Phi) is 5.24. The SMILES string of the molecule is CCCC1CCC(C#N)C(N(C)CC2CC(O)C2)C1. The number of rotatable bonds is 5. The van der Waals surface area contributed by atoms with Crippen molar-refractivity contribution in [2.45, 2.75) is 64.0 Å². The van der Waals surface area contributed by atoms with Crippen molar-refractivity contribution in [2.24, 2.45) is 17.8 Å². The van der Waals surface area contributed by atoms with Crippen LogP contribution in [0.25, 0.3) is 0 Å². The average Bonchev–Trinajstić information content (AvgIpc) is 2.37. The number of aliphatic hydroxyl groups is 1. The van der Waals surface area contributed by atoms with E-state index in [4.69, 9.17) is 0 Å². The molecule has 3 atom stereocenters. The monoisotopic (exact) mass is 264 g/mol. The van der Waals surface area contributed by atoms with Gasteiger partial charge in [0.2, 0.25) is 0 Å². The zero-order valence-electron chi connectivity index (χ0n) is 12.4. The van der Waals surface area contributed by atoms with Crippen LogP contribution in [0.2, 0.25) is 0 Å². The maximum Gasteiger partial charge on any atom is 0.0672 e. The van der Waals surface area contributed by atoms with Crippen LogP contribution in [0.3, 0.4) is 0 Å². The van der Waals surface area contributed by atoms with Crippen LogP contribution in [0.4, 0.5) is 0 Å². The molecule has 2 saturated carbocycles. The molecule has 2 aliphatic rings. The highest BCUT2D eigenvalue weighted by Gasteiger charge is 2.35. The molecule has 2 aliphatic carbocycles. The second-order valence-corrected chi connectivity index (χ2v) is 6.70. The highest BCUT2D eigenvalue weighted by atomic mass is 16.3. The fraction of sp³-hybridized carbons (Fsp3) is 0.938. The summed E-state index contributed by atoms with van der Waals surface area (Å²) in [5.74, 6) is 1.67. The van der Waals surface area contributed by atoms with E-state index in [-0.39, 0.29) is 12.0 Å². The number of aliphatic hydroxyl groups excluding tert-OH is 1. The molecule has 0 aromatic rings. The van der Waals surface area contributed by atoms with Gasteiger partial charge in [0.05, 0.1) is 18.1 Å². The second kappa shape index (κ2) is 6.72. The minimum Gasteiger partial charge on any atom is -0.393 e. The molecule has 108 valence electrons. The minimum absolute atomic E-state index is 0.0654. The Bertz CT molecular complexity index is 319. The largest absolute Gasteiger partial charge is 0.393 e. The van der Waals surface area contributed by atoms with Crippen LogP contribution < -0.4 is 0 Å². The standard InChI is InChI=1S/C16H28N2O/c1-3-4-12-5-6-14(10-17)16(9-12)18(2)11-13-7-15(19)8-13/h12-16,19H,3-9,11H2,1-2H3. The minimum atomic E-state index is -0.0654. The summed E-state index contributed by atoms with van der Waals surface area (Å²) in [6, 6.07) is 2.96. The van der Waals surface area contributed by atoms with Crippen LogP contribution in [0.5, 0.6) is 0 Å². The number of nitriles is 1. The smallest absolute Gasteiger partial charge is 0.0672 e. The fourth-order valence-corrected chi connectivity index (χ4v) is 3.93. The highest BCUT2D eigenvalue weighted by molar-refractivity contribution is 4.97. The number of hydrogen-bond acceptors (Lipinski definition) is 3. The summed E-state index contributed by atoms with van der Waals surface area (Å²) in [6.45, 7) is 3.31. The first-order chi connectivity index (χ1) is 9.13. The Morgan fingerprint density at radius 1 is 1.21 bits per heavy atom. The van der Waals surface area contributed by atoms with Crippen LogP contribution >= 0.6 is 0 Å². The molecule has 19 heavy (non-hydrogen) atoms. The summed E-state index contributed by atoms with van der Waals surface area (Å²) in [4.78, 5) is 2.41. The van der Waals surface area contributed by atoms with Crippen LogP contribution in [0.1, 0.15) is 51.9 Å². The van der Waals surface area contributed by atoms with E-state index in [0.29, 0.717) is 12.0 Å². The lowest BCUT2D eigenvalue weighted by atomic mass is 9.75. The highest BCUT2D eigenvalue weighted by Crippen LogP contribution is 2.36. The predicted octanol–water partition coefficient (Wildman–Crippen LogP) is 2.80. The van der Waals surface area contributed by atoms with Crippen LogP contribution in [-0.2, 0) is 0 Å². The molecule has 0 saturated heterocycles. The van der Waals surface area contributed by atoms with E-state index < -0.39 is 0 Å². The van der Waals surface area contributed by atoms with Crippen molar-refractivity contribution in [1.82, 2.24) is 4.90 Å². The third-order valence-electron chi connectivity index (χ3n) is 5.11. The van der Waals surface area contributed by atoms with E-state index in [1.54, 1.807) is 0 Å². The first kappa shape index (κ1) is 14.8. The molecule has 0 aromatic heterocycles. The van der Waals surface area contributed by atoms with E-state index in [1.165, 1.54) is 25.7 Å². The van der Waals surface area contributed by atoms with Crippen LogP contribution in [0, 0.1) is 29.1 Å². The maximum atomic E-state index is 9.38. The van der Waals surface area contributed by atoms with Gasteiger partial charge in [0.15, 0.2) is 0 Å². The van der Waals surface area contributed by atoms with Gasteiger partial charge in [0, 0.05) is 12.6 Å². The summed E-state index contributed by atoms with van der Waals surface area (Å²) in [5, 5.41) is 18.7. The average molecular weight is 264 g/mol. The molecule has 0 aromatic carbocycles. The van der Waals surface area contributed by atoms with Gasteiger partial charge in [-0.25, -0.2) is 0 Å². The molecule has 0 amide bonds. The summed E-state index contributed by atoms with van der Waals surface area (Å²) >= 11 is 0. The van der Waals surface area contributed by atoms with Gasteiger partial charge in [-0.1, -0.05) is 19.8 Å². The predicted molar refractivity (Wildman–Crippen MR) is 76.5 cm³/mol. The molecule has 2 rings (SSSR count). The zero-order chi connectivity index (χ0) is 13.8. The molecule has 1 N–H and O–H groups in total. The quantitative estimate of drug-likeness (QED) is 0.830. The van der Waals surface area contributed by atoms with Gasteiger partial charge in [0.1, 0.15) is 0 Å². The lowest BCUT2D eigenvalue weighted by Gasteiger charge is -2.42. The molecule has 0 radical (unpaired) electrons. The molecular weight excluding hydrogens is 236 g/mol. The van der Waals surface area contributed by atoms with E-state index >= 15 is 0 Å². The van der Waals surface area contributed by atoms with Gasteiger partial charge in [-0.15, -0.1) is 0 Å². The van der Waals surface area contributed by atoms with E-state index in [0.717, 1.165) is 31.7 Å². The second-order valence-electron chi connectivity index (χ2n) is 6.70. The molecule has 0 bridgehead atoms. The van der Waals surface area contributed by atoms with Crippen molar-refractivity contribution >= 4 is 0 Å². The molecule has 3 heteroatoms. The summed E-state index contributed by atoms with van der Waals surface area (Å²) in [7, 11) is 2.17. The Hall–Kier alpha value is -0.590. The first-order valence-electron chi connectivity index (χ1n) is 7.92. The Morgan fingerprint density at radius 3 is 2.53 bits per heavy atom. The molecule has 3 nitrogen and oxygen atoms in total. The molecule has 3 unspecified atom stereocenters. The summed E-state index contributed by atoms with van der Waals surface area (Å²) in [5.41, 5.74) is 0. The lowest BCUT2D eigenvalue weighted by Crippen LogP contribution is -2.46. The van der Waals surface area contributed by atoms with E-state index in [1.807, 2.05) is 0 Å². The zero-order valence-corrected chi connectivity index (χ0v) is 12.4. The van der Waals surface area contributed by atoms with Crippen molar-refractivity contribution in [3.63, 3.8) is 0 Å². The van der Waals surface area contributed by atoms with Gasteiger partial charge < -0.3 is 10.0 Å². The molecule has 0 heterocycles. The topological polar surface area (TPSA) is 47.3 Å². The van der Waals surface area contributed by atoms with Gasteiger partial charge in [-0.2, -0.15) is 5.26 Å². The van der Waals surface area contributed by atoms with Crippen molar-refractivity contribution in [1.29, 1.82) is 5.26 Å². The first-order valence-corrected chi connectivity index (χ1v) is 7.92. The van der Waals surface area contributed by atoms with Gasteiger partial charge in [0.25, 0.3) is 0 Å². The third kappa shape index (κ3) is 3.70. The molecule has 0 aliphatic heterocycles. The van der Waals surface area contributed by atoms with Gasteiger partial charge in [-0.3, -0.25) is 0 Å². The summed E-state index contributed by atoms with van der Waals surface area (Å²) in [6.07, 6.45) is 7.90. The molecule has 2 fully saturated rings. The third-order valence-corrected chi connectivity index (χ3v) is 5.11. The van der Waals surface area contributed by atoms with Crippen LogP contribution in [0.15, 0.2) is 0 Å². The van der Waals surface area contributed by atoms with Crippen LogP contribution in [-0.4, -0.2) is 35.7 Å². The lowest BCUT2D eigenvalue weighted by molar-refractivity contribution is 0.0118. The van der Waals surface area contributed by atoms with Crippen molar-refractivity contribution in [3.05, 3.63) is 0 Å². The Labute approximate surface area is 117 Å². The molecule has 0 spiro atoms. The van der Waals surface area contributed by atoms with E-state index in [9.17, 15) is 10.4 Å². The molecular formula is C16H28N2O. The number of hydrogen-bond donors (Lipinski definition) is 1. The summed E-state index contributed by atoms with van der Waals surface area (Å²) < 4.78 is 0. The Morgan fingerprint density at radius 2 is 1.95 bits per heavy atom. The van der Waals surface area contributed by atoms with Gasteiger partial charge in [-0.05, 0) is 51.0 Å². The van der Waals surface area contributed by atoms with E-state index in [2.05, 4.69) is 24.9 Å². The van der Waals surface area contributed by atoms with Gasteiger partial charge >= 0.3 is 0 Å². The Balaban J connectivity index is 1.87. The van der Waals surface area contributed by atoms with Crippen molar-refractivity contribution in [3.8, 4) is 6.07 Å². The fourth-order valence-electron chi connectivity index (χ4n) is 3.93.